The normalized spacial score (nSPS) is 12.8. The number of amides is 2. The fourth-order valence-corrected chi connectivity index (χ4v) is 4.55. The zero-order chi connectivity index (χ0) is 30.0. The first-order valence-corrected chi connectivity index (χ1v) is 13.1. The Balaban J connectivity index is 2.11. The minimum Gasteiger partial charge on any atom is -0.497 e. The molecule has 0 heterocycles. The van der Waals surface area contributed by atoms with E-state index < -0.39 is 59.7 Å². The molecular formula is C27H31F3N2O7S. The number of thioether (sulfide) groups is 1. The Morgan fingerprint density at radius 2 is 1.70 bits per heavy atom. The number of benzene rings is 2. The highest BCUT2D eigenvalue weighted by Crippen LogP contribution is 2.32. The smallest absolute Gasteiger partial charge is 0.416 e. The van der Waals surface area contributed by atoms with Crippen molar-refractivity contribution in [3.8, 4) is 11.5 Å². The lowest BCUT2D eigenvalue weighted by atomic mass is 10.0. The van der Waals surface area contributed by atoms with Gasteiger partial charge in [-0.1, -0.05) is 19.9 Å². The molecule has 0 fully saturated rings. The van der Waals surface area contributed by atoms with Crippen LogP contribution in [0.1, 0.15) is 31.4 Å². The summed E-state index contributed by atoms with van der Waals surface area (Å²) in [4.78, 5) is 50.3. The molecule has 0 aliphatic rings. The summed E-state index contributed by atoms with van der Waals surface area (Å²) in [6, 6.07) is 6.71. The van der Waals surface area contributed by atoms with Gasteiger partial charge in [-0.2, -0.15) is 13.2 Å². The van der Waals surface area contributed by atoms with E-state index in [1.807, 2.05) is 0 Å². The van der Waals surface area contributed by atoms with Gasteiger partial charge in [0.05, 0.1) is 44.4 Å². The predicted molar refractivity (Wildman–Crippen MR) is 141 cm³/mol. The van der Waals surface area contributed by atoms with Crippen molar-refractivity contribution in [2.24, 2.45) is 5.92 Å². The predicted octanol–water partition coefficient (Wildman–Crippen LogP) is 3.73. The maximum Gasteiger partial charge on any atom is 0.416 e. The minimum absolute atomic E-state index is 0.151. The third-order valence-corrected chi connectivity index (χ3v) is 6.75. The van der Waals surface area contributed by atoms with Crippen LogP contribution in [0.25, 0.3) is 0 Å². The number of Topliss-reactive ketones (excluding diaryl/α,β-unsaturated/α-hetero) is 1. The molecule has 2 amide bonds. The van der Waals surface area contributed by atoms with Gasteiger partial charge in [0.25, 0.3) is 0 Å². The Morgan fingerprint density at radius 3 is 2.27 bits per heavy atom. The van der Waals surface area contributed by atoms with Crippen molar-refractivity contribution in [1.82, 2.24) is 10.6 Å². The summed E-state index contributed by atoms with van der Waals surface area (Å²) in [5.41, 5.74) is -0.379. The van der Waals surface area contributed by atoms with E-state index in [0.29, 0.717) is 17.1 Å². The van der Waals surface area contributed by atoms with Gasteiger partial charge in [0.2, 0.25) is 11.8 Å². The van der Waals surface area contributed by atoms with Crippen molar-refractivity contribution >= 4 is 35.3 Å². The van der Waals surface area contributed by atoms with Crippen LogP contribution in [-0.4, -0.2) is 60.7 Å². The Kier molecular flexibility index (Phi) is 11.8. The SMILES string of the molecule is COc1ccc(OC)c(CC(=O)NC(C(=O)NC(CC(=O)O)C(=O)CSc2cccc(C(F)(F)F)c2)C(C)C)c1. The molecule has 2 atom stereocenters. The number of rotatable bonds is 14. The number of carboxylic acid groups (broad SMARTS) is 1. The Hall–Kier alpha value is -3.74. The summed E-state index contributed by atoms with van der Waals surface area (Å²) >= 11 is 0.789. The van der Waals surface area contributed by atoms with Gasteiger partial charge in [-0.25, -0.2) is 0 Å². The van der Waals surface area contributed by atoms with E-state index in [1.54, 1.807) is 32.0 Å². The number of carboxylic acids is 1. The molecule has 2 rings (SSSR count). The number of ether oxygens (including phenoxy) is 2. The van der Waals surface area contributed by atoms with Crippen LogP contribution in [0.2, 0.25) is 0 Å². The number of alkyl halides is 3. The van der Waals surface area contributed by atoms with Crippen molar-refractivity contribution in [3.05, 3.63) is 53.6 Å². The molecule has 218 valence electrons. The second-order valence-electron chi connectivity index (χ2n) is 9.08. The van der Waals surface area contributed by atoms with E-state index in [4.69, 9.17) is 9.47 Å². The minimum atomic E-state index is -4.56. The third kappa shape index (κ3) is 9.78. The topological polar surface area (TPSA) is 131 Å². The van der Waals surface area contributed by atoms with Gasteiger partial charge in [-0.3, -0.25) is 19.2 Å². The van der Waals surface area contributed by atoms with E-state index in [9.17, 15) is 37.5 Å². The number of hydrogen-bond donors (Lipinski definition) is 3. The number of ketones is 1. The second kappa shape index (κ2) is 14.6. The number of halogens is 3. The lowest BCUT2D eigenvalue weighted by molar-refractivity contribution is -0.140. The van der Waals surface area contributed by atoms with Crippen LogP contribution in [0.5, 0.6) is 11.5 Å². The molecule has 0 bridgehead atoms. The van der Waals surface area contributed by atoms with E-state index in [-0.39, 0.29) is 17.1 Å². The number of methoxy groups -OCH3 is 2. The molecule has 2 unspecified atom stereocenters. The zero-order valence-corrected chi connectivity index (χ0v) is 23.2. The summed E-state index contributed by atoms with van der Waals surface area (Å²) in [5, 5.41) is 14.3. The van der Waals surface area contributed by atoms with E-state index in [2.05, 4.69) is 10.6 Å². The van der Waals surface area contributed by atoms with Crippen molar-refractivity contribution in [1.29, 1.82) is 0 Å². The van der Waals surface area contributed by atoms with Crippen LogP contribution >= 0.6 is 11.8 Å². The van der Waals surface area contributed by atoms with Crippen molar-refractivity contribution in [2.45, 2.75) is 49.8 Å². The first-order chi connectivity index (χ1) is 18.7. The quantitative estimate of drug-likeness (QED) is 0.287. The summed E-state index contributed by atoms with van der Waals surface area (Å²) in [6.07, 6.45) is -5.45. The molecule has 13 heteroatoms. The molecular weight excluding hydrogens is 553 g/mol. The van der Waals surface area contributed by atoms with Crippen LogP contribution < -0.4 is 20.1 Å². The van der Waals surface area contributed by atoms with Gasteiger partial charge in [0.1, 0.15) is 17.5 Å². The average molecular weight is 585 g/mol. The van der Waals surface area contributed by atoms with Crippen LogP contribution in [0.3, 0.4) is 0 Å². The van der Waals surface area contributed by atoms with Gasteiger partial charge >= 0.3 is 12.1 Å². The number of carbonyl (C=O) groups excluding carboxylic acids is 3. The maximum absolute atomic E-state index is 13.1. The lowest BCUT2D eigenvalue weighted by Gasteiger charge is -2.25. The lowest BCUT2D eigenvalue weighted by Crippen LogP contribution is -2.54. The molecule has 0 radical (unpaired) electrons. The molecule has 0 saturated carbocycles. The Bertz CT molecular complexity index is 1220. The summed E-state index contributed by atoms with van der Waals surface area (Å²) in [6.45, 7) is 3.32. The number of aliphatic carboxylic acids is 1. The van der Waals surface area contributed by atoms with Gasteiger partial charge in [0, 0.05) is 10.5 Å². The van der Waals surface area contributed by atoms with Gasteiger partial charge in [-0.15, -0.1) is 11.8 Å². The van der Waals surface area contributed by atoms with Crippen molar-refractivity contribution in [2.75, 3.05) is 20.0 Å². The number of nitrogens with one attached hydrogen (secondary N) is 2. The van der Waals surface area contributed by atoms with Gasteiger partial charge in [-0.05, 0) is 42.3 Å². The van der Waals surface area contributed by atoms with E-state index in [1.165, 1.54) is 26.4 Å². The largest absolute Gasteiger partial charge is 0.497 e. The molecule has 0 spiro atoms. The number of hydrogen-bond acceptors (Lipinski definition) is 7. The second-order valence-corrected chi connectivity index (χ2v) is 10.1. The van der Waals surface area contributed by atoms with Crippen LogP contribution in [0, 0.1) is 5.92 Å². The molecule has 0 aliphatic heterocycles. The Morgan fingerprint density at radius 1 is 1.00 bits per heavy atom. The highest BCUT2D eigenvalue weighted by Gasteiger charge is 2.32. The first kappa shape index (κ1) is 32.5. The molecule has 0 saturated heterocycles. The molecule has 9 nitrogen and oxygen atoms in total. The molecule has 2 aromatic carbocycles. The monoisotopic (exact) mass is 584 g/mol. The summed E-state index contributed by atoms with van der Waals surface area (Å²) in [5.74, 6) is -3.24. The fraction of sp³-hybridized carbons (Fsp3) is 0.407. The molecule has 3 N–H and O–H groups in total. The van der Waals surface area contributed by atoms with Crippen LogP contribution in [-0.2, 0) is 31.8 Å². The highest BCUT2D eigenvalue weighted by molar-refractivity contribution is 8.00. The number of carbonyl (C=O) groups is 4. The zero-order valence-electron chi connectivity index (χ0n) is 22.3. The average Bonchev–Trinajstić information content (AvgIpc) is 2.89. The molecule has 2 aromatic rings. The fourth-order valence-electron chi connectivity index (χ4n) is 3.65. The van der Waals surface area contributed by atoms with Gasteiger partial charge in [0.15, 0.2) is 5.78 Å². The van der Waals surface area contributed by atoms with Crippen LogP contribution in [0.15, 0.2) is 47.4 Å². The van der Waals surface area contributed by atoms with Crippen molar-refractivity contribution in [3.63, 3.8) is 0 Å². The maximum atomic E-state index is 13.1. The first-order valence-electron chi connectivity index (χ1n) is 12.1. The molecule has 0 aliphatic carbocycles. The van der Waals surface area contributed by atoms with E-state index in [0.717, 1.165) is 23.9 Å². The summed E-state index contributed by atoms with van der Waals surface area (Å²) < 4.78 is 49.4. The van der Waals surface area contributed by atoms with Crippen molar-refractivity contribution < 1.29 is 46.9 Å². The molecule has 40 heavy (non-hydrogen) atoms. The Labute approximate surface area is 233 Å². The standard InChI is InChI=1S/C27H31F3N2O7S/c1-15(2)25(32-23(34)11-16-10-18(38-3)8-9-22(16)39-4)26(37)31-20(13-24(35)36)21(33)14-40-19-7-5-6-17(12-19)27(28,29)30/h5-10,12,15,20,25H,11,13-14H2,1-4H3,(H,31,37)(H,32,34)(H,35,36). The van der Waals surface area contributed by atoms with Crippen LogP contribution in [0.4, 0.5) is 13.2 Å². The van der Waals surface area contributed by atoms with Gasteiger partial charge < -0.3 is 25.2 Å². The third-order valence-electron chi connectivity index (χ3n) is 5.73. The molecule has 0 aromatic heterocycles. The van der Waals surface area contributed by atoms with E-state index >= 15 is 0 Å². The summed E-state index contributed by atoms with van der Waals surface area (Å²) in [7, 11) is 2.91. The highest BCUT2D eigenvalue weighted by atomic mass is 32.2.